The molecule has 1 aliphatic carbocycles. The highest BCUT2D eigenvalue weighted by atomic mass is 35.5. The van der Waals surface area contributed by atoms with E-state index in [1.54, 1.807) is 24.3 Å². The van der Waals surface area contributed by atoms with E-state index in [1.807, 2.05) is 0 Å². The van der Waals surface area contributed by atoms with Crippen LogP contribution >= 0.6 is 11.6 Å². The van der Waals surface area contributed by atoms with Crippen molar-refractivity contribution >= 4 is 29.2 Å². The van der Waals surface area contributed by atoms with Crippen molar-refractivity contribution in [3.63, 3.8) is 0 Å². The lowest BCUT2D eigenvalue weighted by Crippen LogP contribution is -2.29. The molecule has 6 nitrogen and oxygen atoms in total. The van der Waals surface area contributed by atoms with Crippen LogP contribution in [-0.2, 0) is 6.54 Å². The minimum Gasteiger partial charge on any atom is -0.434 e. The molecule has 3 rings (SSSR count). The van der Waals surface area contributed by atoms with Gasteiger partial charge in [-0.25, -0.2) is 4.79 Å². The molecule has 0 bridgehead atoms. The van der Waals surface area contributed by atoms with E-state index >= 15 is 0 Å². The zero-order valence-electron chi connectivity index (χ0n) is 14.7. The minimum absolute atomic E-state index is 0.0108. The van der Waals surface area contributed by atoms with Gasteiger partial charge in [0, 0.05) is 23.8 Å². The first-order chi connectivity index (χ1) is 13.4. The van der Waals surface area contributed by atoms with Crippen molar-refractivity contribution in [1.82, 2.24) is 10.6 Å². The van der Waals surface area contributed by atoms with Crippen LogP contribution < -0.4 is 20.7 Å². The van der Waals surface area contributed by atoms with Crippen molar-refractivity contribution in [3.8, 4) is 5.75 Å². The highest BCUT2D eigenvalue weighted by Crippen LogP contribution is 2.24. The normalized spacial score (nSPS) is 13.1. The second-order valence-corrected chi connectivity index (χ2v) is 6.64. The third-order valence-corrected chi connectivity index (χ3v) is 4.34. The molecule has 1 fully saturated rings. The molecule has 148 valence electrons. The first-order valence-corrected chi connectivity index (χ1v) is 8.98. The molecule has 1 saturated carbocycles. The molecule has 0 spiro atoms. The van der Waals surface area contributed by atoms with Crippen LogP contribution in [0.1, 0.15) is 28.8 Å². The Kier molecular flexibility index (Phi) is 6.30. The second-order valence-electron chi connectivity index (χ2n) is 6.24. The fourth-order valence-corrected chi connectivity index (χ4v) is 2.68. The lowest BCUT2D eigenvalue weighted by molar-refractivity contribution is -0.0504. The Morgan fingerprint density at radius 2 is 1.93 bits per heavy atom. The number of amides is 3. The summed E-state index contributed by atoms with van der Waals surface area (Å²) < 4.78 is 29.3. The molecule has 0 aromatic heterocycles. The fourth-order valence-electron chi connectivity index (χ4n) is 2.48. The summed E-state index contributed by atoms with van der Waals surface area (Å²) in [5, 5.41) is 8.26. The first kappa shape index (κ1) is 19.9. The van der Waals surface area contributed by atoms with Crippen molar-refractivity contribution < 1.29 is 23.1 Å². The van der Waals surface area contributed by atoms with E-state index in [9.17, 15) is 18.4 Å². The molecule has 1 aliphatic rings. The predicted octanol–water partition coefficient (Wildman–Crippen LogP) is 4.16. The Balaban J connectivity index is 1.60. The summed E-state index contributed by atoms with van der Waals surface area (Å²) in [4.78, 5) is 24.3. The van der Waals surface area contributed by atoms with Crippen LogP contribution in [0.2, 0.25) is 5.02 Å². The standard InChI is InChI=1S/C19H18ClF2N3O3/c20-15-8-7-13(9-14(15)17(26)24-12-5-6-12)25-19(27)23-10-11-3-1-2-4-16(11)28-18(21)22/h1-4,7-9,12,18H,5-6,10H2,(H,24,26)(H2,23,25,27). The lowest BCUT2D eigenvalue weighted by atomic mass is 10.2. The molecule has 3 N–H and O–H groups in total. The summed E-state index contributed by atoms with van der Waals surface area (Å²) in [7, 11) is 0. The predicted molar refractivity (Wildman–Crippen MR) is 101 cm³/mol. The zero-order valence-corrected chi connectivity index (χ0v) is 15.4. The van der Waals surface area contributed by atoms with Crippen molar-refractivity contribution in [1.29, 1.82) is 0 Å². The molecule has 0 aliphatic heterocycles. The average molecular weight is 410 g/mol. The van der Waals surface area contributed by atoms with Gasteiger partial charge < -0.3 is 20.7 Å². The van der Waals surface area contributed by atoms with Gasteiger partial charge in [0.1, 0.15) is 5.75 Å². The topological polar surface area (TPSA) is 79.5 Å². The Morgan fingerprint density at radius 3 is 2.64 bits per heavy atom. The number of halogens is 3. The van der Waals surface area contributed by atoms with Gasteiger partial charge in [0.15, 0.2) is 0 Å². The maximum atomic E-state index is 12.4. The van der Waals surface area contributed by atoms with E-state index in [0.29, 0.717) is 11.3 Å². The second kappa shape index (κ2) is 8.88. The van der Waals surface area contributed by atoms with Crippen molar-refractivity contribution in [2.24, 2.45) is 0 Å². The lowest BCUT2D eigenvalue weighted by Gasteiger charge is -2.13. The van der Waals surface area contributed by atoms with E-state index in [-0.39, 0.29) is 34.8 Å². The molecule has 2 aromatic carbocycles. The summed E-state index contributed by atoms with van der Waals surface area (Å²) >= 11 is 6.07. The number of urea groups is 1. The SMILES string of the molecule is O=C(NCc1ccccc1OC(F)F)Nc1ccc(Cl)c(C(=O)NC2CC2)c1. The van der Waals surface area contributed by atoms with Crippen LogP contribution in [0.4, 0.5) is 19.3 Å². The third kappa shape index (κ3) is 5.56. The molecular weight excluding hydrogens is 392 g/mol. The van der Waals surface area contributed by atoms with Crippen LogP contribution in [0.3, 0.4) is 0 Å². The van der Waals surface area contributed by atoms with Crippen LogP contribution in [0, 0.1) is 0 Å². The molecular formula is C19H18ClF2N3O3. The number of carbonyl (C=O) groups excluding carboxylic acids is 2. The number of benzene rings is 2. The Labute approximate surface area is 165 Å². The van der Waals surface area contributed by atoms with Gasteiger partial charge in [0.2, 0.25) is 0 Å². The molecule has 28 heavy (non-hydrogen) atoms. The highest BCUT2D eigenvalue weighted by Gasteiger charge is 2.25. The quantitative estimate of drug-likeness (QED) is 0.642. The molecule has 0 radical (unpaired) electrons. The summed E-state index contributed by atoms with van der Waals surface area (Å²) in [5.41, 5.74) is 1.04. The van der Waals surface area contributed by atoms with E-state index in [0.717, 1.165) is 12.8 Å². The number of para-hydroxylation sites is 1. The van der Waals surface area contributed by atoms with Crippen molar-refractivity contribution in [2.45, 2.75) is 32.0 Å². The third-order valence-electron chi connectivity index (χ3n) is 4.01. The zero-order chi connectivity index (χ0) is 20.1. The van der Waals surface area contributed by atoms with E-state index in [2.05, 4.69) is 20.7 Å². The van der Waals surface area contributed by atoms with Gasteiger partial charge in [-0.2, -0.15) is 8.78 Å². The number of hydrogen-bond donors (Lipinski definition) is 3. The monoisotopic (exact) mass is 409 g/mol. The van der Waals surface area contributed by atoms with E-state index < -0.39 is 12.6 Å². The smallest absolute Gasteiger partial charge is 0.387 e. The summed E-state index contributed by atoms with van der Waals surface area (Å²) in [6.45, 7) is -2.97. The number of nitrogens with one attached hydrogen (secondary N) is 3. The van der Waals surface area contributed by atoms with Crippen LogP contribution in [0.5, 0.6) is 5.75 Å². The Morgan fingerprint density at radius 1 is 1.18 bits per heavy atom. The van der Waals surface area contributed by atoms with Gasteiger partial charge in [-0.3, -0.25) is 4.79 Å². The summed E-state index contributed by atoms with van der Waals surface area (Å²) in [6.07, 6.45) is 1.89. The maximum Gasteiger partial charge on any atom is 0.387 e. The van der Waals surface area contributed by atoms with Gasteiger partial charge in [-0.15, -0.1) is 0 Å². The van der Waals surface area contributed by atoms with Gasteiger partial charge >= 0.3 is 12.6 Å². The highest BCUT2D eigenvalue weighted by molar-refractivity contribution is 6.34. The molecule has 0 heterocycles. The number of anilines is 1. The number of alkyl halides is 2. The fraction of sp³-hybridized carbons (Fsp3) is 0.263. The molecule has 3 amide bonds. The summed E-state index contributed by atoms with van der Waals surface area (Å²) in [6, 6.07) is 10.3. The first-order valence-electron chi connectivity index (χ1n) is 8.60. The van der Waals surface area contributed by atoms with Gasteiger partial charge in [-0.05, 0) is 37.1 Å². The summed E-state index contributed by atoms with van der Waals surface area (Å²) in [5.74, 6) is -0.307. The molecule has 2 aromatic rings. The van der Waals surface area contributed by atoms with E-state index in [1.165, 1.54) is 18.2 Å². The number of hydrogen-bond acceptors (Lipinski definition) is 3. The van der Waals surface area contributed by atoms with Gasteiger partial charge in [0.05, 0.1) is 10.6 Å². The molecule has 0 saturated heterocycles. The van der Waals surface area contributed by atoms with E-state index in [4.69, 9.17) is 11.6 Å². The van der Waals surface area contributed by atoms with Crippen LogP contribution in [0.25, 0.3) is 0 Å². The van der Waals surface area contributed by atoms with Crippen molar-refractivity contribution in [3.05, 3.63) is 58.6 Å². The largest absolute Gasteiger partial charge is 0.434 e. The van der Waals surface area contributed by atoms with Crippen LogP contribution in [-0.4, -0.2) is 24.6 Å². The van der Waals surface area contributed by atoms with Crippen LogP contribution in [0.15, 0.2) is 42.5 Å². The number of carbonyl (C=O) groups is 2. The Bertz CT molecular complexity index is 875. The number of ether oxygens (including phenoxy) is 1. The molecule has 9 heteroatoms. The molecule has 0 unspecified atom stereocenters. The molecule has 0 atom stereocenters. The average Bonchev–Trinajstić information content (AvgIpc) is 3.46. The Hall–Kier alpha value is -2.87. The number of rotatable bonds is 7. The minimum atomic E-state index is -2.95. The van der Waals surface area contributed by atoms with Gasteiger partial charge in [-0.1, -0.05) is 29.8 Å². The maximum absolute atomic E-state index is 12.4. The van der Waals surface area contributed by atoms with Gasteiger partial charge in [0.25, 0.3) is 5.91 Å². The van der Waals surface area contributed by atoms with Crippen molar-refractivity contribution in [2.75, 3.05) is 5.32 Å².